The van der Waals surface area contributed by atoms with Crippen LogP contribution in [0.1, 0.15) is 20.3 Å². The van der Waals surface area contributed by atoms with E-state index in [2.05, 4.69) is 10.3 Å². The Morgan fingerprint density at radius 3 is 2.90 bits per heavy atom. The molecule has 0 fully saturated rings. The SMILES string of the molecule is CC(C)C(O)CNC(=O)CCn1cnc2ccccc21. The maximum Gasteiger partial charge on any atom is 0.221 e. The summed E-state index contributed by atoms with van der Waals surface area (Å²) in [6.07, 6.45) is 1.64. The standard InChI is InChI=1S/C15H21N3O2/c1-11(2)14(19)9-16-15(20)7-8-18-10-17-12-5-3-4-6-13(12)18/h3-6,10-11,14,19H,7-9H2,1-2H3,(H,16,20). The van der Waals surface area contributed by atoms with Gasteiger partial charge in [0.15, 0.2) is 0 Å². The van der Waals surface area contributed by atoms with Crippen LogP contribution in [0.3, 0.4) is 0 Å². The van der Waals surface area contributed by atoms with Gasteiger partial charge in [-0.1, -0.05) is 26.0 Å². The number of nitrogens with zero attached hydrogens (tertiary/aromatic N) is 2. The molecule has 2 N–H and O–H groups in total. The van der Waals surface area contributed by atoms with Gasteiger partial charge in [-0.3, -0.25) is 4.79 Å². The number of aromatic nitrogens is 2. The molecule has 2 rings (SSSR count). The van der Waals surface area contributed by atoms with Crippen molar-refractivity contribution in [2.45, 2.75) is 32.9 Å². The van der Waals surface area contributed by atoms with Crippen molar-refractivity contribution < 1.29 is 9.90 Å². The van der Waals surface area contributed by atoms with Crippen LogP contribution >= 0.6 is 0 Å². The summed E-state index contributed by atoms with van der Waals surface area (Å²) in [4.78, 5) is 16.0. The Balaban J connectivity index is 1.84. The predicted molar refractivity (Wildman–Crippen MR) is 78.2 cm³/mol. The Labute approximate surface area is 118 Å². The summed E-state index contributed by atoms with van der Waals surface area (Å²) in [5.74, 6) is 0.0929. The number of hydrogen-bond donors (Lipinski definition) is 2. The van der Waals surface area contributed by atoms with E-state index in [1.807, 2.05) is 42.7 Å². The van der Waals surface area contributed by atoms with E-state index in [4.69, 9.17) is 0 Å². The average Bonchev–Trinajstić information content (AvgIpc) is 2.85. The summed E-state index contributed by atoms with van der Waals surface area (Å²) in [6, 6.07) is 7.84. The number of rotatable bonds is 6. The molecule has 0 saturated heterocycles. The lowest BCUT2D eigenvalue weighted by molar-refractivity contribution is -0.121. The van der Waals surface area contributed by atoms with Crippen LogP contribution in [0.4, 0.5) is 0 Å². The molecule has 1 amide bonds. The lowest BCUT2D eigenvalue weighted by Gasteiger charge is -2.15. The summed E-state index contributed by atoms with van der Waals surface area (Å²) < 4.78 is 1.97. The molecule has 0 radical (unpaired) electrons. The molecule has 1 unspecified atom stereocenters. The van der Waals surface area contributed by atoms with Gasteiger partial charge in [0, 0.05) is 19.5 Å². The average molecular weight is 275 g/mol. The fourth-order valence-electron chi connectivity index (χ4n) is 1.95. The third kappa shape index (κ3) is 3.57. The van der Waals surface area contributed by atoms with Crippen LogP contribution in [0.25, 0.3) is 11.0 Å². The van der Waals surface area contributed by atoms with Gasteiger partial charge < -0.3 is 15.0 Å². The minimum absolute atomic E-state index is 0.0533. The minimum Gasteiger partial charge on any atom is -0.391 e. The van der Waals surface area contributed by atoms with Gasteiger partial charge in [-0.15, -0.1) is 0 Å². The van der Waals surface area contributed by atoms with E-state index in [0.717, 1.165) is 11.0 Å². The van der Waals surface area contributed by atoms with Crippen LogP contribution in [0.15, 0.2) is 30.6 Å². The fourth-order valence-corrected chi connectivity index (χ4v) is 1.95. The van der Waals surface area contributed by atoms with Gasteiger partial charge in [-0.2, -0.15) is 0 Å². The van der Waals surface area contributed by atoms with Crippen molar-refractivity contribution in [2.24, 2.45) is 5.92 Å². The third-order valence-electron chi connectivity index (χ3n) is 3.39. The van der Waals surface area contributed by atoms with Crippen LogP contribution in [0.5, 0.6) is 0 Å². The van der Waals surface area contributed by atoms with Crippen molar-refractivity contribution in [3.05, 3.63) is 30.6 Å². The number of aliphatic hydroxyl groups is 1. The van der Waals surface area contributed by atoms with Gasteiger partial charge in [-0.05, 0) is 18.1 Å². The molecule has 108 valence electrons. The first-order valence-electron chi connectivity index (χ1n) is 6.92. The van der Waals surface area contributed by atoms with Gasteiger partial charge in [0.05, 0.1) is 23.5 Å². The van der Waals surface area contributed by atoms with Crippen molar-refractivity contribution >= 4 is 16.9 Å². The van der Waals surface area contributed by atoms with E-state index < -0.39 is 6.10 Å². The molecule has 20 heavy (non-hydrogen) atoms. The first-order valence-corrected chi connectivity index (χ1v) is 6.92. The lowest BCUT2D eigenvalue weighted by atomic mass is 10.1. The van der Waals surface area contributed by atoms with E-state index in [-0.39, 0.29) is 11.8 Å². The van der Waals surface area contributed by atoms with E-state index in [9.17, 15) is 9.90 Å². The first-order chi connectivity index (χ1) is 9.58. The number of aryl methyl sites for hydroxylation is 1. The number of imidazole rings is 1. The third-order valence-corrected chi connectivity index (χ3v) is 3.39. The van der Waals surface area contributed by atoms with Crippen molar-refractivity contribution in [2.75, 3.05) is 6.54 Å². The number of amides is 1. The zero-order chi connectivity index (χ0) is 14.5. The van der Waals surface area contributed by atoms with Gasteiger partial charge >= 0.3 is 0 Å². The zero-order valence-electron chi connectivity index (χ0n) is 11.9. The van der Waals surface area contributed by atoms with Gasteiger partial charge in [0.1, 0.15) is 0 Å². The number of aliphatic hydroxyl groups excluding tert-OH is 1. The fraction of sp³-hybridized carbons (Fsp3) is 0.467. The Morgan fingerprint density at radius 1 is 1.40 bits per heavy atom. The Bertz CT molecular complexity index is 577. The summed E-state index contributed by atoms with van der Waals surface area (Å²) in [7, 11) is 0. The van der Waals surface area contributed by atoms with Crippen molar-refractivity contribution in [1.29, 1.82) is 0 Å². The van der Waals surface area contributed by atoms with Crippen LogP contribution < -0.4 is 5.32 Å². The number of hydrogen-bond acceptors (Lipinski definition) is 3. The number of benzene rings is 1. The smallest absolute Gasteiger partial charge is 0.221 e. The van der Waals surface area contributed by atoms with Gasteiger partial charge in [-0.25, -0.2) is 4.98 Å². The molecule has 1 aromatic carbocycles. The highest BCUT2D eigenvalue weighted by Crippen LogP contribution is 2.12. The quantitative estimate of drug-likeness (QED) is 0.840. The summed E-state index contributed by atoms with van der Waals surface area (Å²) >= 11 is 0. The van der Waals surface area contributed by atoms with Crippen LogP contribution in [0, 0.1) is 5.92 Å². The van der Waals surface area contributed by atoms with E-state index in [1.54, 1.807) is 6.33 Å². The minimum atomic E-state index is -0.493. The van der Waals surface area contributed by atoms with Gasteiger partial charge in [0.2, 0.25) is 5.91 Å². The highest BCUT2D eigenvalue weighted by Gasteiger charge is 2.11. The molecule has 1 atom stereocenters. The Kier molecular flexibility index (Phi) is 4.74. The zero-order valence-corrected chi connectivity index (χ0v) is 11.9. The molecule has 2 aromatic rings. The summed E-state index contributed by atoms with van der Waals surface area (Å²) in [5, 5.41) is 12.4. The van der Waals surface area contributed by atoms with Crippen LogP contribution in [0.2, 0.25) is 0 Å². The van der Waals surface area contributed by atoms with Crippen molar-refractivity contribution in [1.82, 2.24) is 14.9 Å². The van der Waals surface area contributed by atoms with E-state index >= 15 is 0 Å². The van der Waals surface area contributed by atoms with Crippen LogP contribution in [-0.2, 0) is 11.3 Å². The molecule has 0 saturated carbocycles. The topological polar surface area (TPSA) is 67.2 Å². The highest BCUT2D eigenvalue weighted by molar-refractivity contribution is 5.77. The highest BCUT2D eigenvalue weighted by atomic mass is 16.3. The number of para-hydroxylation sites is 2. The molecule has 0 aliphatic carbocycles. The van der Waals surface area contributed by atoms with Crippen LogP contribution in [-0.4, -0.2) is 33.2 Å². The summed E-state index contributed by atoms with van der Waals surface area (Å²) in [5.41, 5.74) is 1.96. The largest absolute Gasteiger partial charge is 0.391 e. The maximum absolute atomic E-state index is 11.7. The first kappa shape index (κ1) is 14.5. The monoisotopic (exact) mass is 275 g/mol. The molecular formula is C15H21N3O2. The molecule has 1 heterocycles. The molecule has 5 nitrogen and oxygen atoms in total. The second-order valence-electron chi connectivity index (χ2n) is 5.29. The normalized spacial score (nSPS) is 12.8. The molecular weight excluding hydrogens is 254 g/mol. The number of fused-ring (bicyclic) bond motifs is 1. The maximum atomic E-state index is 11.7. The number of carbonyl (C=O) groups is 1. The van der Waals surface area contributed by atoms with E-state index in [0.29, 0.717) is 19.5 Å². The Hall–Kier alpha value is -1.88. The van der Waals surface area contributed by atoms with E-state index in [1.165, 1.54) is 0 Å². The molecule has 0 aliphatic heterocycles. The van der Waals surface area contributed by atoms with Crippen molar-refractivity contribution in [3.63, 3.8) is 0 Å². The molecule has 0 bridgehead atoms. The number of carbonyl (C=O) groups excluding carboxylic acids is 1. The summed E-state index contributed by atoms with van der Waals surface area (Å²) in [6.45, 7) is 4.74. The second kappa shape index (κ2) is 6.52. The second-order valence-corrected chi connectivity index (χ2v) is 5.29. The molecule has 5 heteroatoms. The predicted octanol–water partition coefficient (Wildman–Crippen LogP) is 1.56. The van der Waals surface area contributed by atoms with Crippen molar-refractivity contribution in [3.8, 4) is 0 Å². The molecule has 1 aromatic heterocycles. The lowest BCUT2D eigenvalue weighted by Crippen LogP contribution is -2.35. The number of nitrogens with one attached hydrogen (secondary N) is 1. The molecule has 0 aliphatic rings. The Morgan fingerprint density at radius 2 is 2.15 bits per heavy atom. The van der Waals surface area contributed by atoms with Gasteiger partial charge in [0.25, 0.3) is 0 Å². The molecule has 0 spiro atoms.